The molecule has 0 bridgehead atoms. The first-order valence-electron chi connectivity index (χ1n) is 13.0. The van der Waals surface area contributed by atoms with Crippen molar-refractivity contribution in [3.8, 4) is 0 Å². The average molecular weight is 475 g/mol. The second-order valence-corrected chi connectivity index (χ2v) is 9.75. The van der Waals surface area contributed by atoms with E-state index in [1.807, 2.05) is 18.2 Å². The molecular weight excluding hydrogens is 436 g/mol. The minimum absolute atomic E-state index is 0.0750. The summed E-state index contributed by atoms with van der Waals surface area (Å²) in [6.07, 6.45) is 6.68. The van der Waals surface area contributed by atoms with Crippen molar-refractivity contribution in [2.75, 3.05) is 7.11 Å². The van der Waals surface area contributed by atoms with Gasteiger partial charge in [-0.1, -0.05) is 61.5 Å². The lowest BCUT2D eigenvalue weighted by molar-refractivity contribution is -0.141. The van der Waals surface area contributed by atoms with E-state index in [0.29, 0.717) is 0 Å². The first-order valence-corrected chi connectivity index (χ1v) is 13.0. The first kappa shape index (κ1) is 25.2. The van der Waals surface area contributed by atoms with E-state index in [0.717, 1.165) is 56.1 Å². The molecule has 0 saturated heterocycles. The van der Waals surface area contributed by atoms with Crippen LogP contribution in [-0.4, -0.2) is 36.1 Å². The number of carbonyl (C=O) groups is 2. The predicted molar refractivity (Wildman–Crippen MR) is 139 cm³/mol. The minimum atomic E-state index is -0.251. The van der Waals surface area contributed by atoms with Gasteiger partial charge in [0.2, 0.25) is 0 Å². The molecule has 2 aromatic carbocycles. The van der Waals surface area contributed by atoms with Crippen LogP contribution in [0.3, 0.4) is 0 Å². The molecule has 0 saturated carbocycles. The number of methoxy groups -OCH3 is 1. The third kappa shape index (κ3) is 5.67. The number of esters is 1. The molecule has 1 aliphatic heterocycles. The molecule has 2 aromatic rings. The Morgan fingerprint density at radius 1 is 1.09 bits per heavy atom. The number of nitrogens with one attached hydrogen (secondary N) is 1. The van der Waals surface area contributed by atoms with Gasteiger partial charge in [-0.2, -0.15) is 0 Å². The second kappa shape index (κ2) is 11.7. The molecule has 2 aliphatic rings. The fourth-order valence-corrected chi connectivity index (χ4v) is 5.61. The van der Waals surface area contributed by atoms with Gasteiger partial charge < -0.3 is 9.64 Å². The van der Waals surface area contributed by atoms with Gasteiger partial charge in [0, 0.05) is 17.7 Å². The smallest absolute Gasteiger partial charge is 0.307 e. The molecule has 1 N–H and O–H groups in total. The highest BCUT2D eigenvalue weighted by Gasteiger charge is 2.42. The molecule has 0 fully saturated rings. The number of benzene rings is 2. The van der Waals surface area contributed by atoms with E-state index in [1.165, 1.54) is 23.8 Å². The molecule has 186 valence electrons. The second-order valence-electron chi connectivity index (χ2n) is 9.75. The first-order chi connectivity index (χ1) is 17.0. The number of aryl methyl sites for hydroxylation is 2. The van der Waals surface area contributed by atoms with Crippen LogP contribution >= 0.6 is 0 Å². The third-order valence-corrected chi connectivity index (χ3v) is 7.55. The Morgan fingerprint density at radius 3 is 2.54 bits per heavy atom. The molecule has 35 heavy (non-hydrogen) atoms. The van der Waals surface area contributed by atoms with Gasteiger partial charge in [-0.3, -0.25) is 14.9 Å². The van der Waals surface area contributed by atoms with Gasteiger partial charge in [0.1, 0.15) is 6.17 Å². The van der Waals surface area contributed by atoms with Crippen LogP contribution in [0.2, 0.25) is 0 Å². The summed E-state index contributed by atoms with van der Waals surface area (Å²) in [5, 5.41) is 3.78. The molecule has 0 aromatic heterocycles. The molecule has 0 radical (unpaired) electrons. The summed E-state index contributed by atoms with van der Waals surface area (Å²) in [5.74, 6) is -0.0855. The van der Waals surface area contributed by atoms with Gasteiger partial charge in [0.05, 0.1) is 13.5 Å². The van der Waals surface area contributed by atoms with Crippen molar-refractivity contribution in [3.63, 3.8) is 0 Å². The molecule has 4 rings (SSSR count). The van der Waals surface area contributed by atoms with E-state index >= 15 is 0 Å². The number of carbonyl (C=O) groups excluding carboxylic acids is 2. The molecule has 5 heteroatoms. The molecule has 5 nitrogen and oxygen atoms in total. The van der Waals surface area contributed by atoms with Crippen LogP contribution in [0, 0.1) is 0 Å². The van der Waals surface area contributed by atoms with Crippen molar-refractivity contribution in [1.82, 2.24) is 10.2 Å². The number of hydrogen-bond acceptors (Lipinski definition) is 4. The van der Waals surface area contributed by atoms with Crippen molar-refractivity contribution in [2.24, 2.45) is 0 Å². The van der Waals surface area contributed by atoms with Crippen molar-refractivity contribution in [2.45, 2.75) is 83.5 Å². The summed E-state index contributed by atoms with van der Waals surface area (Å²) < 4.78 is 5.06. The van der Waals surface area contributed by atoms with Crippen LogP contribution in [0.1, 0.15) is 75.1 Å². The molecule has 0 spiro atoms. The Morgan fingerprint density at radius 2 is 1.80 bits per heavy atom. The van der Waals surface area contributed by atoms with Gasteiger partial charge in [-0.25, -0.2) is 0 Å². The van der Waals surface area contributed by atoms with Crippen LogP contribution < -0.4 is 5.32 Å². The SMILES string of the molecule is CCc1ccccc1C(CC(=O)OC)NC1C2=C(CCCC2)C(=O)N1C(C)CCc1ccccc1. The number of rotatable bonds is 10. The highest BCUT2D eigenvalue weighted by Crippen LogP contribution is 2.38. The van der Waals surface area contributed by atoms with E-state index in [1.54, 1.807) is 0 Å². The fourth-order valence-electron chi connectivity index (χ4n) is 5.61. The Labute approximate surface area is 209 Å². The van der Waals surface area contributed by atoms with Crippen molar-refractivity contribution in [1.29, 1.82) is 0 Å². The Hall–Kier alpha value is -2.92. The van der Waals surface area contributed by atoms with Crippen molar-refractivity contribution >= 4 is 11.9 Å². The van der Waals surface area contributed by atoms with Crippen molar-refractivity contribution < 1.29 is 14.3 Å². The minimum Gasteiger partial charge on any atom is -0.469 e. The summed E-state index contributed by atoms with van der Waals surface area (Å²) in [5.41, 5.74) is 5.81. The lowest BCUT2D eigenvalue weighted by Crippen LogP contribution is -2.51. The topological polar surface area (TPSA) is 58.6 Å². The monoisotopic (exact) mass is 474 g/mol. The van der Waals surface area contributed by atoms with Gasteiger partial charge in [-0.05, 0) is 74.1 Å². The quantitative estimate of drug-likeness (QED) is 0.462. The summed E-state index contributed by atoms with van der Waals surface area (Å²) in [7, 11) is 1.43. The van der Waals surface area contributed by atoms with E-state index < -0.39 is 0 Å². The van der Waals surface area contributed by atoms with Crippen LogP contribution in [0.5, 0.6) is 0 Å². The molecule has 3 atom stereocenters. The maximum absolute atomic E-state index is 13.7. The largest absolute Gasteiger partial charge is 0.469 e. The normalized spacial score (nSPS) is 19.5. The molecular formula is C30H38N2O3. The van der Waals surface area contributed by atoms with E-state index in [4.69, 9.17) is 4.74 Å². The Bertz CT molecular complexity index is 1060. The van der Waals surface area contributed by atoms with Crippen LogP contribution in [0.4, 0.5) is 0 Å². The molecule has 3 unspecified atom stereocenters. The summed E-state index contributed by atoms with van der Waals surface area (Å²) >= 11 is 0. The van der Waals surface area contributed by atoms with Crippen molar-refractivity contribution in [3.05, 3.63) is 82.4 Å². The van der Waals surface area contributed by atoms with Gasteiger partial charge >= 0.3 is 5.97 Å². The number of amides is 1. The lowest BCUT2D eigenvalue weighted by atomic mass is 9.91. The number of ether oxygens (including phenoxy) is 1. The maximum atomic E-state index is 13.7. The standard InChI is InChI=1S/C30H38N2O3/c1-4-23-14-8-9-15-24(23)27(20-28(33)35-3)31-29-25-16-10-11-17-26(25)30(34)32(29)21(2)18-19-22-12-6-5-7-13-22/h5-9,12-15,21,27,29,31H,4,10-11,16-20H2,1-3H3. The zero-order valence-corrected chi connectivity index (χ0v) is 21.3. The lowest BCUT2D eigenvalue weighted by Gasteiger charge is -2.36. The van der Waals surface area contributed by atoms with Gasteiger partial charge in [0.15, 0.2) is 0 Å². The average Bonchev–Trinajstić information content (AvgIpc) is 3.18. The third-order valence-electron chi connectivity index (χ3n) is 7.55. The number of hydrogen-bond donors (Lipinski definition) is 1. The molecule has 1 amide bonds. The summed E-state index contributed by atoms with van der Waals surface area (Å²) in [6.45, 7) is 4.29. The molecule has 1 heterocycles. The van der Waals surface area contributed by atoms with Crippen LogP contribution in [0.15, 0.2) is 65.7 Å². The number of nitrogens with zero attached hydrogens (tertiary/aromatic N) is 1. The summed E-state index contributed by atoms with van der Waals surface area (Å²) in [6, 6.07) is 18.6. The highest BCUT2D eigenvalue weighted by atomic mass is 16.5. The summed E-state index contributed by atoms with van der Waals surface area (Å²) in [4.78, 5) is 28.1. The fraction of sp³-hybridized carbons (Fsp3) is 0.467. The highest BCUT2D eigenvalue weighted by molar-refractivity contribution is 5.98. The Kier molecular flexibility index (Phi) is 8.40. The van der Waals surface area contributed by atoms with Gasteiger partial charge in [-0.15, -0.1) is 0 Å². The predicted octanol–water partition coefficient (Wildman–Crippen LogP) is 5.50. The van der Waals surface area contributed by atoms with E-state index in [9.17, 15) is 9.59 Å². The van der Waals surface area contributed by atoms with Gasteiger partial charge in [0.25, 0.3) is 5.91 Å². The zero-order chi connectivity index (χ0) is 24.8. The zero-order valence-electron chi connectivity index (χ0n) is 21.3. The van der Waals surface area contributed by atoms with Crippen LogP contribution in [0.25, 0.3) is 0 Å². The Balaban J connectivity index is 1.63. The van der Waals surface area contributed by atoms with E-state index in [2.05, 4.69) is 60.5 Å². The van der Waals surface area contributed by atoms with E-state index in [-0.39, 0.29) is 36.5 Å². The maximum Gasteiger partial charge on any atom is 0.307 e. The van der Waals surface area contributed by atoms with Crippen LogP contribution in [-0.2, 0) is 27.2 Å². The molecule has 1 aliphatic carbocycles.